The van der Waals surface area contributed by atoms with Crippen molar-refractivity contribution in [3.8, 4) is 11.5 Å². The summed E-state index contributed by atoms with van der Waals surface area (Å²) < 4.78 is 20.8. The number of nitrogens with zero attached hydrogens (tertiary/aromatic N) is 1. The van der Waals surface area contributed by atoms with Crippen LogP contribution < -0.4 is 9.47 Å². The monoisotopic (exact) mass is 306 g/mol. The quantitative estimate of drug-likeness (QED) is 0.850. The smallest absolute Gasteiger partial charge is 0.341 e. The van der Waals surface area contributed by atoms with Crippen LogP contribution in [0.3, 0.4) is 0 Å². The standard InChI is InChI=1S/C14H14N2O6/c1-7(17)22-6-10-15-9-5-8(14(18)19-2)12-13(11(9)16-10)21-4-3-20-12/h5H,3-4,6H2,1-2H3,(H,15,16). The highest BCUT2D eigenvalue weighted by atomic mass is 16.6. The number of benzene rings is 1. The van der Waals surface area contributed by atoms with Crippen LogP contribution in [0.25, 0.3) is 11.0 Å². The lowest BCUT2D eigenvalue weighted by Crippen LogP contribution is -2.18. The van der Waals surface area contributed by atoms with Gasteiger partial charge in [-0.15, -0.1) is 0 Å². The minimum atomic E-state index is -0.528. The van der Waals surface area contributed by atoms with Gasteiger partial charge in [0, 0.05) is 6.92 Å². The van der Waals surface area contributed by atoms with Crippen molar-refractivity contribution in [2.45, 2.75) is 13.5 Å². The van der Waals surface area contributed by atoms with Crippen molar-refractivity contribution in [3.05, 3.63) is 17.5 Å². The molecular formula is C14H14N2O6. The number of hydrogen-bond donors (Lipinski definition) is 1. The molecule has 8 nitrogen and oxygen atoms in total. The average molecular weight is 306 g/mol. The maximum absolute atomic E-state index is 11.9. The second-order valence-electron chi connectivity index (χ2n) is 4.63. The minimum Gasteiger partial charge on any atom is -0.485 e. The summed E-state index contributed by atoms with van der Waals surface area (Å²) in [6.07, 6.45) is 0. The molecule has 3 rings (SSSR count). The van der Waals surface area contributed by atoms with Crippen molar-refractivity contribution in [2.75, 3.05) is 20.3 Å². The zero-order valence-electron chi connectivity index (χ0n) is 12.1. The summed E-state index contributed by atoms with van der Waals surface area (Å²) >= 11 is 0. The Morgan fingerprint density at radius 1 is 1.32 bits per heavy atom. The number of H-pyrrole nitrogens is 1. The zero-order valence-corrected chi connectivity index (χ0v) is 12.1. The molecule has 2 heterocycles. The SMILES string of the molecule is COC(=O)c1cc2[nH]c(COC(C)=O)nc2c2c1OCCO2. The lowest BCUT2D eigenvalue weighted by molar-refractivity contribution is -0.142. The molecule has 116 valence electrons. The number of carbonyl (C=O) groups excluding carboxylic acids is 2. The highest BCUT2D eigenvalue weighted by molar-refractivity contribution is 6.00. The Kier molecular flexibility index (Phi) is 3.58. The predicted molar refractivity (Wildman–Crippen MR) is 73.9 cm³/mol. The Balaban J connectivity index is 2.10. The Hall–Kier alpha value is -2.77. The van der Waals surface area contributed by atoms with Crippen LogP contribution in [0.4, 0.5) is 0 Å². The molecule has 0 saturated heterocycles. The van der Waals surface area contributed by atoms with E-state index in [-0.39, 0.29) is 12.2 Å². The van der Waals surface area contributed by atoms with E-state index in [0.29, 0.717) is 41.6 Å². The van der Waals surface area contributed by atoms with Crippen molar-refractivity contribution in [2.24, 2.45) is 0 Å². The normalized spacial score (nSPS) is 13.0. The maximum Gasteiger partial charge on any atom is 0.341 e. The Labute approximate surface area is 125 Å². The molecule has 0 bridgehead atoms. The molecule has 0 aliphatic carbocycles. The first-order chi connectivity index (χ1) is 10.6. The van der Waals surface area contributed by atoms with E-state index in [9.17, 15) is 9.59 Å². The number of aromatic nitrogens is 2. The van der Waals surface area contributed by atoms with E-state index in [4.69, 9.17) is 18.9 Å². The van der Waals surface area contributed by atoms with Crippen LogP contribution in [-0.4, -0.2) is 42.2 Å². The van der Waals surface area contributed by atoms with Crippen molar-refractivity contribution in [1.82, 2.24) is 9.97 Å². The Morgan fingerprint density at radius 2 is 2.05 bits per heavy atom. The van der Waals surface area contributed by atoms with Gasteiger partial charge in [0.25, 0.3) is 0 Å². The van der Waals surface area contributed by atoms with E-state index in [0.717, 1.165) is 0 Å². The molecule has 1 aromatic carbocycles. The van der Waals surface area contributed by atoms with Crippen molar-refractivity contribution < 1.29 is 28.5 Å². The number of aromatic amines is 1. The molecule has 0 fully saturated rings. The van der Waals surface area contributed by atoms with Crippen LogP contribution in [0.5, 0.6) is 11.5 Å². The summed E-state index contributed by atoms with van der Waals surface area (Å²) in [7, 11) is 1.29. The molecule has 1 aliphatic rings. The molecule has 0 unspecified atom stereocenters. The fourth-order valence-electron chi connectivity index (χ4n) is 2.22. The fourth-order valence-corrected chi connectivity index (χ4v) is 2.22. The first-order valence-electron chi connectivity index (χ1n) is 6.63. The largest absolute Gasteiger partial charge is 0.485 e. The van der Waals surface area contributed by atoms with E-state index in [1.165, 1.54) is 14.0 Å². The van der Waals surface area contributed by atoms with E-state index >= 15 is 0 Å². The molecule has 0 atom stereocenters. The van der Waals surface area contributed by atoms with Gasteiger partial charge in [0.1, 0.15) is 36.7 Å². The number of nitrogens with one attached hydrogen (secondary N) is 1. The Bertz CT molecular complexity index is 751. The van der Waals surface area contributed by atoms with Gasteiger partial charge in [0.15, 0.2) is 11.5 Å². The van der Waals surface area contributed by atoms with Crippen LogP contribution in [0.1, 0.15) is 23.1 Å². The highest BCUT2D eigenvalue weighted by Crippen LogP contribution is 2.40. The molecule has 1 aromatic heterocycles. The van der Waals surface area contributed by atoms with Gasteiger partial charge in [0.2, 0.25) is 0 Å². The van der Waals surface area contributed by atoms with Crippen LogP contribution in [-0.2, 0) is 20.9 Å². The molecule has 1 N–H and O–H groups in total. The number of esters is 2. The second kappa shape index (κ2) is 5.55. The molecule has 22 heavy (non-hydrogen) atoms. The van der Waals surface area contributed by atoms with Crippen LogP contribution >= 0.6 is 0 Å². The molecular weight excluding hydrogens is 292 g/mol. The topological polar surface area (TPSA) is 99.7 Å². The Morgan fingerprint density at radius 3 is 2.73 bits per heavy atom. The summed E-state index contributed by atoms with van der Waals surface area (Å²) in [5, 5.41) is 0. The zero-order chi connectivity index (χ0) is 15.7. The van der Waals surface area contributed by atoms with Crippen molar-refractivity contribution >= 4 is 23.0 Å². The van der Waals surface area contributed by atoms with Gasteiger partial charge in [-0.05, 0) is 6.07 Å². The number of hydrogen-bond acceptors (Lipinski definition) is 7. The fraction of sp³-hybridized carbons (Fsp3) is 0.357. The van der Waals surface area contributed by atoms with Crippen LogP contribution in [0, 0.1) is 0 Å². The number of methoxy groups -OCH3 is 1. The molecule has 0 spiro atoms. The third kappa shape index (κ3) is 2.43. The van der Waals surface area contributed by atoms with E-state index in [2.05, 4.69) is 9.97 Å². The second-order valence-corrected chi connectivity index (χ2v) is 4.63. The van der Waals surface area contributed by atoms with Crippen molar-refractivity contribution in [1.29, 1.82) is 0 Å². The number of rotatable bonds is 3. The third-order valence-electron chi connectivity index (χ3n) is 3.13. The van der Waals surface area contributed by atoms with Crippen LogP contribution in [0.2, 0.25) is 0 Å². The molecule has 1 aliphatic heterocycles. The molecule has 8 heteroatoms. The summed E-state index contributed by atoms with van der Waals surface area (Å²) in [6, 6.07) is 1.58. The lowest BCUT2D eigenvalue weighted by Gasteiger charge is -2.20. The van der Waals surface area contributed by atoms with E-state index in [1.54, 1.807) is 6.07 Å². The molecule has 0 saturated carbocycles. The third-order valence-corrected chi connectivity index (χ3v) is 3.13. The first-order valence-corrected chi connectivity index (χ1v) is 6.63. The summed E-state index contributed by atoms with van der Waals surface area (Å²) in [5.41, 5.74) is 1.35. The molecule has 2 aromatic rings. The van der Waals surface area contributed by atoms with Gasteiger partial charge >= 0.3 is 11.9 Å². The van der Waals surface area contributed by atoms with Gasteiger partial charge in [-0.25, -0.2) is 9.78 Å². The van der Waals surface area contributed by atoms with E-state index in [1.807, 2.05) is 0 Å². The predicted octanol–water partition coefficient (Wildman–Crippen LogP) is 1.18. The van der Waals surface area contributed by atoms with Gasteiger partial charge in [-0.3, -0.25) is 4.79 Å². The van der Waals surface area contributed by atoms with Crippen molar-refractivity contribution in [3.63, 3.8) is 0 Å². The summed E-state index contributed by atoms with van der Waals surface area (Å²) in [6.45, 7) is 2.02. The number of imidazole rings is 1. The summed E-state index contributed by atoms with van der Waals surface area (Å²) in [4.78, 5) is 30.1. The molecule has 0 radical (unpaired) electrons. The summed E-state index contributed by atoms with van der Waals surface area (Å²) in [5.74, 6) is 0.214. The first kappa shape index (κ1) is 14.2. The minimum absolute atomic E-state index is 0.00714. The average Bonchev–Trinajstić information content (AvgIpc) is 2.94. The van der Waals surface area contributed by atoms with Gasteiger partial charge in [0.05, 0.1) is 12.6 Å². The number of ether oxygens (including phenoxy) is 4. The number of carbonyl (C=O) groups is 2. The van der Waals surface area contributed by atoms with Gasteiger partial charge in [-0.2, -0.15) is 0 Å². The van der Waals surface area contributed by atoms with Gasteiger partial charge in [-0.1, -0.05) is 0 Å². The maximum atomic E-state index is 11.9. The highest BCUT2D eigenvalue weighted by Gasteiger charge is 2.26. The van der Waals surface area contributed by atoms with Crippen LogP contribution in [0.15, 0.2) is 6.07 Å². The molecule has 0 amide bonds. The number of fused-ring (bicyclic) bond motifs is 3. The van der Waals surface area contributed by atoms with Gasteiger partial charge < -0.3 is 23.9 Å². The lowest BCUT2D eigenvalue weighted by atomic mass is 10.1. The van der Waals surface area contributed by atoms with E-state index < -0.39 is 11.9 Å².